The Bertz CT molecular complexity index is 598. The van der Waals surface area contributed by atoms with Gasteiger partial charge in [0, 0.05) is 12.2 Å². The van der Waals surface area contributed by atoms with Gasteiger partial charge in [0.1, 0.15) is 9.90 Å². The van der Waals surface area contributed by atoms with Gasteiger partial charge in [0.2, 0.25) is 0 Å². The van der Waals surface area contributed by atoms with Crippen LogP contribution < -0.4 is 4.90 Å². The smallest absolute Gasteiger partial charge is 0.271 e. The van der Waals surface area contributed by atoms with E-state index >= 15 is 0 Å². The standard InChI is InChI=1S/C13H10Cl2N2OS/c1-2-8-17(9-6-4-3-5-7-9)13(18)11-10(14)12(15)16-19-11/h2-7H,1,8H2. The summed E-state index contributed by atoms with van der Waals surface area (Å²) < 4.78 is 3.88. The number of anilines is 1. The molecule has 0 N–H and O–H groups in total. The van der Waals surface area contributed by atoms with Crippen LogP contribution in [0.2, 0.25) is 10.2 Å². The van der Waals surface area contributed by atoms with Gasteiger partial charge in [-0.3, -0.25) is 4.79 Å². The second-order valence-electron chi connectivity index (χ2n) is 3.66. The number of hydrogen-bond acceptors (Lipinski definition) is 3. The largest absolute Gasteiger partial charge is 0.304 e. The fourth-order valence-corrected chi connectivity index (χ4v) is 2.72. The quantitative estimate of drug-likeness (QED) is 0.789. The van der Waals surface area contributed by atoms with E-state index < -0.39 is 0 Å². The van der Waals surface area contributed by atoms with Crippen LogP contribution >= 0.6 is 34.7 Å². The molecule has 0 aliphatic rings. The van der Waals surface area contributed by atoms with Crippen molar-refractivity contribution in [2.75, 3.05) is 11.4 Å². The van der Waals surface area contributed by atoms with Crippen LogP contribution in [-0.2, 0) is 0 Å². The van der Waals surface area contributed by atoms with E-state index in [0.29, 0.717) is 11.4 Å². The zero-order valence-corrected chi connectivity index (χ0v) is 12.2. The van der Waals surface area contributed by atoms with Crippen LogP contribution in [-0.4, -0.2) is 16.8 Å². The van der Waals surface area contributed by atoms with Gasteiger partial charge in [-0.1, -0.05) is 47.5 Å². The second-order valence-corrected chi connectivity index (χ2v) is 5.17. The molecule has 1 heterocycles. The van der Waals surface area contributed by atoms with E-state index in [-0.39, 0.29) is 16.1 Å². The third-order valence-corrected chi connectivity index (χ3v) is 4.20. The van der Waals surface area contributed by atoms with E-state index in [1.165, 1.54) is 0 Å². The van der Waals surface area contributed by atoms with Crippen LogP contribution in [0.1, 0.15) is 9.67 Å². The molecule has 3 nitrogen and oxygen atoms in total. The minimum atomic E-state index is -0.236. The van der Waals surface area contributed by atoms with Crippen LogP contribution in [0.4, 0.5) is 5.69 Å². The maximum Gasteiger partial charge on any atom is 0.271 e. The Morgan fingerprint density at radius 1 is 1.37 bits per heavy atom. The summed E-state index contributed by atoms with van der Waals surface area (Å²) in [6.45, 7) is 4.05. The Morgan fingerprint density at radius 2 is 2.05 bits per heavy atom. The van der Waals surface area contributed by atoms with Crippen LogP contribution in [0.3, 0.4) is 0 Å². The summed E-state index contributed by atoms with van der Waals surface area (Å²) in [7, 11) is 0. The molecule has 2 rings (SSSR count). The number of carbonyl (C=O) groups is 1. The first-order valence-electron chi connectivity index (χ1n) is 5.43. The molecular formula is C13H10Cl2N2OS. The summed E-state index contributed by atoms with van der Waals surface area (Å²) in [4.78, 5) is 14.4. The van der Waals surface area contributed by atoms with Gasteiger partial charge in [0.05, 0.1) is 0 Å². The number of carbonyl (C=O) groups excluding carboxylic acids is 1. The minimum Gasteiger partial charge on any atom is -0.304 e. The van der Waals surface area contributed by atoms with Gasteiger partial charge >= 0.3 is 0 Å². The maximum atomic E-state index is 12.5. The fourth-order valence-electron chi connectivity index (χ4n) is 1.56. The van der Waals surface area contributed by atoms with Crippen LogP contribution in [0.15, 0.2) is 43.0 Å². The molecule has 0 unspecified atom stereocenters. The monoisotopic (exact) mass is 312 g/mol. The summed E-state index contributed by atoms with van der Waals surface area (Å²) >= 11 is 12.7. The van der Waals surface area contributed by atoms with Gasteiger partial charge in [-0.15, -0.1) is 6.58 Å². The average Bonchev–Trinajstić information content (AvgIpc) is 2.77. The van der Waals surface area contributed by atoms with Gasteiger partial charge in [-0.2, -0.15) is 4.37 Å². The summed E-state index contributed by atoms with van der Waals surface area (Å²) in [6.07, 6.45) is 1.65. The highest BCUT2D eigenvalue weighted by atomic mass is 35.5. The van der Waals surface area contributed by atoms with E-state index in [4.69, 9.17) is 23.2 Å². The number of para-hydroxylation sites is 1. The van der Waals surface area contributed by atoms with Gasteiger partial charge in [-0.25, -0.2) is 0 Å². The third-order valence-electron chi connectivity index (χ3n) is 2.42. The lowest BCUT2D eigenvalue weighted by molar-refractivity contribution is 0.0993. The summed E-state index contributed by atoms with van der Waals surface area (Å²) in [6, 6.07) is 9.30. The minimum absolute atomic E-state index is 0.154. The van der Waals surface area contributed by atoms with Crippen molar-refractivity contribution in [3.63, 3.8) is 0 Å². The van der Waals surface area contributed by atoms with Crippen molar-refractivity contribution in [1.29, 1.82) is 0 Å². The molecule has 0 bridgehead atoms. The van der Waals surface area contributed by atoms with Gasteiger partial charge in [0.15, 0.2) is 5.15 Å². The highest BCUT2D eigenvalue weighted by Crippen LogP contribution is 2.30. The molecule has 0 radical (unpaired) electrons. The van der Waals surface area contributed by atoms with Gasteiger partial charge < -0.3 is 4.90 Å². The molecule has 0 aliphatic carbocycles. The molecule has 1 amide bonds. The Labute approximate surface area is 125 Å². The Hall–Kier alpha value is -1.36. The van der Waals surface area contributed by atoms with Crippen molar-refractivity contribution in [2.45, 2.75) is 0 Å². The van der Waals surface area contributed by atoms with Crippen LogP contribution in [0.25, 0.3) is 0 Å². The number of nitrogens with zero attached hydrogens (tertiary/aromatic N) is 2. The van der Waals surface area contributed by atoms with Crippen molar-refractivity contribution in [3.05, 3.63) is 58.0 Å². The van der Waals surface area contributed by atoms with E-state index in [1.807, 2.05) is 30.3 Å². The van der Waals surface area contributed by atoms with Crippen molar-refractivity contribution >= 4 is 46.3 Å². The first kappa shape index (κ1) is 14.1. The first-order valence-corrected chi connectivity index (χ1v) is 6.96. The summed E-state index contributed by atoms with van der Waals surface area (Å²) in [5.41, 5.74) is 0.771. The SMILES string of the molecule is C=CCN(C(=O)c1snc(Cl)c1Cl)c1ccccc1. The summed E-state index contributed by atoms with van der Waals surface area (Å²) in [5.74, 6) is -0.236. The number of hydrogen-bond donors (Lipinski definition) is 0. The average molecular weight is 313 g/mol. The highest BCUT2D eigenvalue weighted by Gasteiger charge is 2.23. The fraction of sp³-hybridized carbons (Fsp3) is 0.0769. The normalized spacial score (nSPS) is 10.2. The topological polar surface area (TPSA) is 33.2 Å². The van der Waals surface area contributed by atoms with Crippen LogP contribution in [0.5, 0.6) is 0 Å². The van der Waals surface area contributed by atoms with Gasteiger partial charge in [-0.05, 0) is 23.7 Å². The molecule has 0 fully saturated rings. The number of rotatable bonds is 4. The molecule has 98 valence electrons. The number of benzene rings is 1. The number of amides is 1. The molecule has 6 heteroatoms. The zero-order chi connectivity index (χ0) is 13.8. The maximum absolute atomic E-state index is 12.5. The molecule has 0 spiro atoms. The van der Waals surface area contributed by atoms with Crippen molar-refractivity contribution in [3.8, 4) is 0 Å². The lowest BCUT2D eigenvalue weighted by atomic mass is 10.2. The lowest BCUT2D eigenvalue weighted by Crippen LogP contribution is -2.30. The van der Waals surface area contributed by atoms with Crippen LogP contribution in [0, 0.1) is 0 Å². The lowest BCUT2D eigenvalue weighted by Gasteiger charge is -2.20. The van der Waals surface area contributed by atoms with Gasteiger partial charge in [0.25, 0.3) is 5.91 Å². The van der Waals surface area contributed by atoms with Crippen molar-refractivity contribution in [1.82, 2.24) is 4.37 Å². The predicted molar refractivity (Wildman–Crippen MR) is 80.4 cm³/mol. The molecule has 0 saturated carbocycles. The third kappa shape index (κ3) is 2.97. The molecule has 1 aromatic carbocycles. The molecule has 1 aromatic heterocycles. The second kappa shape index (κ2) is 6.19. The predicted octanol–water partition coefficient (Wildman–Crippen LogP) is 4.28. The Morgan fingerprint density at radius 3 is 2.58 bits per heavy atom. The first-order chi connectivity index (χ1) is 9.15. The molecule has 0 aliphatic heterocycles. The van der Waals surface area contributed by atoms with E-state index in [1.54, 1.807) is 11.0 Å². The number of aromatic nitrogens is 1. The Kier molecular flexibility index (Phi) is 4.58. The molecule has 19 heavy (non-hydrogen) atoms. The molecule has 0 saturated heterocycles. The van der Waals surface area contributed by atoms with E-state index in [9.17, 15) is 4.79 Å². The zero-order valence-electron chi connectivity index (χ0n) is 9.85. The van der Waals surface area contributed by atoms with Crippen molar-refractivity contribution in [2.24, 2.45) is 0 Å². The number of halogens is 2. The molecule has 2 aromatic rings. The van der Waals surface area contributed by atoms with E-state index in [0.717, 1.165) is 17.2 Å². The summed E-state index contributed by atoms with van der Waals surface area (Å²) in [5, 5.41) is 0.350. The molecule has 0 atom stereocenters. The highest BCUT2D eigenvalue weighted by molar-refractivity contribution is 7.09. The molecular weight excluding hydrogens is 303 g/mol. The Balaban J connectivity index is 2.37. The van der Waals surface area contributed by atoms with Crippen molar-refractivity contribution < 1.29 is 4.79 Å². The van der Waals surface area contributed by atoms with E-state index in [2.05, 4.69) is 11.0 Å².